The molecule has 2 aromatic rings. The quantitative estimate of drug-likeness (QED) is 0.876. The molecule has 0 unspecified atom stereocenters. The third-order valence-electron chi connectivity index (χ3n) is 2.12. The Morgan fingerprint density at radius 1 is 1.50 bits per heavy atom. The van der Waals surface area contributed by atoms with Crippen molar-refractivity contribution in [3.8, 4) is 0 Å². The van der Waals surface area contributed by atoms with Crippen LogP contribution in [-0.2, 0) is 6.54 Å². The van der Waals surface area contributed by atoms with Crippen molar-refractivity contribution in [3.63, 3.8) is 0 Å². The van der Waals surface area contributed by atoms with E-state index in [0.717, 1.165) is 11.0 Å². The van der Waals surface area contributed by atoms with Crippen LogP contribution in [0.5, 0.6) is 0 Å². The number of carboxylic acids is 1. The minimum absolute atomic E-state index is 0.0805. The van der Waals surface area contributed by atoms with Crippen LogP contribution in [0.2, 0.25) is 0 Å². The first-order chi connectivity index (χ1) is 8.56. The lowest BCUT2D eigenvalue weighted by Crippen LogP contribution is -2.01. The number of aromatic nitrogens is 3. The van der Waals surface area contributed by atoms with Gasteiger partial charge in [0.15, 0.2) is 5.69 Å². The van der Waals surface area contributed by atoms with Crippen molar-refractivity contribution >= 4 is 34.0 Å². The van der Waals surface area contributed by atoms with Gasteiger partial charge in [-0.1, -0.05) is 13.8 Å². The highest BCUT2D eigenvalue weighted by Gasteiger charge is 2.10. The van der Waals surface area contributed by atoms with Crippen molar-refractivity contribution in [3.05, 3.63) is 21.9 Å². The molecule has 96 valence electrons. The third kappa shape index (κ3) is 3.02. The molecule has 0 aliphatic carbocycles. The molecule has 0 radical (unpaired) electrons. The normalized spacial score (nSPS) is 10.8. The first-order valence-electron chi connectivity index (χ1n) is 5.31. The fourth-order valence-corrected chi connectivity index (χ4v) is 2.59. The van der Waals surface area contributed by atoms with E-state index in [0.29, 0.717) is 17.5 Å². The van der Waals surface area contributed by atoms with Crippen LogP contribution in [0.3, 0.4) is 0 Å². The van der Waals surface area contributed by atoms with Gasteiger partial charge in [0.05, 0.1) is 6.54 Å². The number of hydrogen-bond donors (Lipinski definition) is 2. The van der Waals surface area contributed by atoms with Crippen LogP contribution < -0.4 is 5.32 Å². The molecule has 0 saturated heterocycles. The maximum absolute atomic E-state index is 10.7. The lowest BCUT2D eigenvalue weighted by atomic mass is 10.2. The summed E-state index contributed by atoms with van der Waals surface area (Å²) < 4.78 is 4.22. The van der Waals surface area contributed by atoms with Crippen molar-refractivity contribution in [2.45, 2.75) is 26.3 Å². The van der Waals surface area contributed by atoms with Gasteiger partial charge in [0.25, 0.3) is 0 Å². The minimum Gasteiger partial charge on any atom is -0.476 e. The van der Waals surface area contributed by atoms with Crippen molar-refractivity contribution in [1.82, 2.24) is 14.3 Å². The average Bonchev–Trinajstić information content (AvgIpc) is 2.95. The summed E-state index contributed by atoms with van der Waals surface area (Å²) in [5, 5.41) is 14.8. The molecule has 0 aromatic carbocycles. The summed E-state index contributed by atoms with van der Waals surface area (Å²) in [5.74, 6) is 0.110. The Bertz CT molecular complexity index is 550. The van der Waals surface area contributed by atoms with Gasteiger partial charge in [0.1, 0.15) is 10.8 Å². The summed E-state index contributed by atoms with van der Waals surface area (Å²) in [5.41, 5.74) is 0.0805. The average molecular weight is 284 g/mol. The summed E-state index contributed by atoms with van der Waals surface area (Å²) in [6.07, 6.45) is 0. The molecule has 0 aliphatic rings. The number of nitrogens with zero attached hydrogens (tertiary/aromatic N) is 3. The van der Waals surface area contributed by atoms with E-state index < -0.39 is 5.97 Å². The van der Waals surface area contributed by atoms with Crippen molar-refractivity contribution in [2.24, 2.45) is 0 Å². The highest BCUT2D eigenvalue weighted by Crippen LogP contribution is 2.18. The van der Waals surface area contributed by atoms with Crippen LogP contribution in [0.25, 0.3) is 0 Å². The van der Waals surface area contributed by atoms with Crippen LogP contribution in [0, 0.1) is 0 Å². The lowest BCUT2D eigenvalue weighted by molar-refractivity contribution is 0.0691. The zero-order valence-electron chi connectivity index (χ0n) is 9.88. The maximum atomic E-state index is 10.7. The smallest absolute Gasteiger partial charge is 0.355 e. The van der Waals surface area contributed by atoms with Crippen LogP contribution in [0.4, 0.5) is 5.13 Å². The van der Waals surface area contributed by atoms with E-state index >= 15 is 0 Å². The van der Waals surface area contributed by atoms with Crippen molar-refractivity contribution in [1.29, 1.82) is 0 Å². The first-order valence-corrected chi connectivity index (χ1v) is 6.96. The van der Waals surface area contributed by atoms with Crippen LogP contribution >= 0.6 is 22.9 Å². The number of rotatable bonds is 5. The zero-order chi connectivity index (χ0) is 13.1. The van der Waals surface area contributed by atoms with E-state index in [1.807, 2.05) is 13.8 Å². The number of aromatic carboxylic acids is 1. The molecule has 0 fully saturated rings. The number of hydrogen-bond acceptors (Lipinski definition) is 7. The van der Waals surface area contributed by atoms with Crippen molar-refractivity contribution in [2.75, 3.05) is 5.32 Å². The second-order valence-electron chi connectivity index (χ2n) is 3.90. The minimum atomic E-state index is -1.00. The fraction of sp³-hybridized carbons (Fsp3) is 0.400. The molecular formula is C10H12N4O2S2. The molecule has 0 saturated carbocycles. The van der Waals surface area contributed by atoms with Gasteiger partial charge in [0.2, 0.25) is 5.13 Å². The molecule has 18 heavy (non-hydrogen) atoms. The molecule has 2 rings (SSSR count). The van der Waals surface area contributed by atoms with Gasteiger partial charge in [-0.05, 0) is 0 Å². The number of anilines is 1. The highest BCUT2D eigenvalue weighted by atomic mass is 32.1. The van der Waals surface area contributed by atoms with Crippen LogP contribution in [-0.4, -0.2) is 25.4 Å². The topological polar surface area (TPSA) is 88.0 Å². The van der Waals surface area contributed by atoms with Gasteiger partial charge >= 0.3 is 5.97 Å². The zero-order valence-corrected chi connectivity index (χ0v) is 11.5. The van der Waals surface area contributed by atoms with E-state index in [1.165, 1.54) is 28.2 Å². The van der Waals surface area contributed by atoms with E-state index in [4.69, 9.17) is 5.11 Å². The number of carboxylic acid groups (broad SMARTS) is 1. The van der Waals surface area contributed by atoms with Gasteiger partial charge in [-0.25, -0.2) is 14.8 Å². The summed E-state index contributed by atoms with van der Waals surface area (Å²) in [6.45, 7) is 4.53. The Morgan fingerprint density at radius 3 is 2.83 bits per heavy atom. The Labute approximate surface area is 112 Å². The molecule has 2 N–H and O–H groups in total. The van der Waals surface area contributed by atoms with E-state index in [9.17, 15) is 4.79 Å². The first kappa shape index (κ1) is 12.9. The SMILES string of the molecule is CC(C)c1nsc(NCc2nc(C(=O)O)cs2)n1. The van der Waals surface area contributed by atoms with Crippen LogP contribution in [0.1, 0.15) is 41.1 Å². The summed E-state index contributed by atoms with van der Waals surface area (Å²) >= 11 is 2.61. The highest BCUT2D eigenvalue weighted by molar-refractivity contribution is 7.10. The monoisotopic (exact) mass is 284 g/mol. The number of nitrogens with one attached hydrogen (secondary N) is 1. The summed E-state index contributed by atoms with van der Waals surface area (Å²) in [7, 11) is 0. The molecule has 0 bridgehead atoms. The summed E-state index contributed by atoms with van der Waals surface area (Å²) in [6, 6.07) is 0. The molecule has 0 spiro atoms. The van der Waals surface area contributed by atoms with E-state index in [2.05, 4.69) is 19.7 Å². The molecule has 0 atom stereocenters. The molecular weight excluding hydrogens is 272 g/mol. The predicted octanol–water partition coefficient (Wildman–Crippen LogP) is 2.43. The van der Waals surface area contributed by atoms with Gasteiger partial charge in [0, 0.05) is 22.8 Å². The second kappa shape index (κ2) is 5.40. The Kier molecular flexibility index (Phi) is 3.87. The molecule has 2 aromatic heterocycles. The molecule has 0 aliphatic heterocycles. The van der Waals surface area contributed by atoms with Crippen LogP contribution in [0.15, 0.2) is 5.38 Å². The Balaban J connectivity index is 1.95. The van der Waals surface area contributed by atoms with Crippen molar-refractivity contribution < 1.29 is 9.90 Å². The second-order valence-corrected chi connectivity index (χ2v) is 5.59. The Hall–Kier alpha value is -1.54. The summed E-state index contributed by atoms with van der Waals surface area (Å²) in [4.78, 5) is 19.0. The fourth-order valence-electron chi connectivity index (χ4n) is 1.18. The Morgan fingerprint density at radius 2 is 2.28 bits per heavy atom. The van der Waals surface area contributed by atoms with Gasteiger partial charge in [-0.2, -0.15) is 4.37 Å². The number of carbonyl (C=O) groups is 1. The molecule has 0 amide bonds. The standard InChI is InChI=1S/C10H12N4O2S2/c1-5(2)8-13-10(18-14-8)11-3-7-12-6(4-17-7)9(15)16/h4-5H,3H2,1-2H3,(H,15,16)(H,11,13,14). The van der Waals surface area contributed by atoms with E-state index in [-0.39, 0.29) is 5.69 Å². The maximum Gasteiger partial charge on any atom is 0.355 e. The van der Waals surface area contributed by atoms with E-state index in [1.54, 1.807) is 0 Å². The van der Waals surface area contributed by atoms with Gasteiger partial charge < -0.3 is 10.4 Å². The molecule has 8 heteroatoms. The number of thiazole rings is 1. The predicted molar refractivity (Wildman–Crippen MR) is 70.4 cm³/mol. The third-order valence-corrected chi connectivity index (χ3v) is 3.66. The largest absolute Gasteiger partial charge is 0.476 e. The molecule has 2 heterocycles. The lowest BCUT2D eigenvalue weighted by Gasteiger charge is -1.98. The van der Waals surface area contributed by atoms with Gasteiger partial charge in [-0.15, -0.1) is 11.3 Å². The van der Waals surface area contributed by atoms with Gasteiger partial charge in [-0.3, -0.25) is 0 Å². The molecule has 6 nitrogen and oxygen atoms in total.